The van der Waals surface area contributed by atoms with Crippen molar-refractivity contribution in [2.45, 2.75) is 25.8 Å². The maximum Gasteiger partial charge on any atom is 0.248 e. The third kappa shape index (κ3) is 2.91. The van der Waals surface area contributed by atoms with Crippen LogP contribution in [0, 0.1) is 0 Å². The van der Waals surface area contributed by atoms with E-state index in [-0.39, 0.29) is 6.04 Å². The second-order valence-corrected chi connectivity index (χ2v) is 6.80. The van der Waals surface area contributed by atoms with Crippen molar-refractivity contribution in [3.8, 4) is 0 Å². The van der Waals surface area contributed by atoms with Crippen molar-refractivity contribution in [2.75, 3.05) is 5.32 Å². The standard InChI is InChI=1S/C19H18ClN5/c1-12(2)13-7-9-14(10-8-13)17-11-18(15-5-3-4-6-16(15)20)25-19(21-17)22-23-24-25/h3-12,18H,1-2H3,(H,21,22,24)/t18-/m1/s1. The van der Waals surface area contributed by atoms with Crippen LogP contribution in [0.15, 0.2) is 54.6 Å². The molecular weight excluding hydrogens is 334 g/mol. The summed E-state index contributed by atoms with van der Waals surface area (Å²) < 4.78 is 1.74. The van der Waals surface area contributed by atoms with Gasteiger partial charge in [0.05, 0.1) is 0 Å². The quantitative estimate of drug-likeness (QED) is 0.754. The van der Waals surface area contributed by atoms with E-state index in [9.17, 15) is 0 Å². The number of allylic oxidation sites excluding steroid dienone is 1. The Bertz CT molecular complexity index is 927. The molecule has 0 saturated carbocycles. The van der Waals surface area contributed by atoms with Crippen molar-refractivity contribution in [3.05, 3.63) is 76.3 Å². The molecule has 1 N–H and O–H groups in total. The monoisotopic (exact) mass is 351 g/mol. The third-order valence-corrected chi connectivity index (χ3v) is 4.78. The molecule has 0 unspecified atom stereocenters. The van der Waals surface area contributed by atoms with Crippen LogP contribution in [0.1, 0.15) is 42.5 Å². The van der Waals surface area contributed by atoms with E-state index in [1.54, 1.807) is 4.68 Å². The van der Waals surface area contributed by atoms with Gasteiger partial charge in [-0.15, -0.1) is 0 Å². The molecule has 0 spiro atoms. The molecule has 6 heteroatoms. The first kappa shape index (κ1) is 15.8. The molecule has 0 fully saturated rings. The number of fused-ring (bicyclic) bond motifs is 1. The number of tetrazole rings is 1. The highest BCUT2D eigenvalue weighted by molar-refractivity contribution is 6.31. The molecule has 0 amide bonds. The van der Waals surface area contributed by atoms with Crippen molar-refractivity contribution in [3.63, 3.8) is 0 Å². The molecule has 2 aromatic carbocycles. The smallest absolute Gasteiger partial charge is 0.248 e. The van der Waals surface area contributed by atoms with Gasteiger partial charge in [-0.05, 0) is 45.2 Å². The zero-order valence-corrected chi connectivity index (χ0v) is 14.8. The Morgan fingerprint density at radius 2 is 1.84 bits per heavy atom. The molecule has 4 rings (SSSR count). The average Bonchev–Trinajstić information content (AvgIpc) is 3.10. The van der Waals surface area contributed by atoms with E-state index in [1.165, 1.54) is 5.56 Å². The molecule has 126 valence electrons. The molecule has 3 aromatic rings. The normalized spacial score (nSPS) is 16.3. The summed E-state index contributed by atoms with van der Waals surface area (Å²) in [5, 5.41) is 16.0. The van der Waals surface area contributed by atoms with E-state index < -0.39 is 0 Å². The van der Waals surface area contributed by atoms with E-state index in [1.807, 2.05) is 24.3 Å². The summed E-state index contributed by atoms with van der Waals surface area (Å²) in [5.41, 5.74) is 4.35. The zero-order valence-electron chi connectivity index (χ0n) is 14.0. The van der Waals surface area contributed by atoms with Crippen molar-refractivity contribution in [1.82, 2.24) is 20.2 Å². The van der Waals surface area contributed by atoms with E-state index >= 15 is 0 Å². The van der Waals surface area contributed by atoms with Crippen LogP contribution in [0.5, 0.6) is 0 Å². The first-order valence-electron chi connectivity index (χ1n) is 8.25. The van der Waals surface area contributed by atoms with Gasteiger partial charge >= 0.3 is 0 Å². The molecule has 1 aliphatic rings. The summed E-state index contributed by atoms with van der Waals surface area (Å²) in [6.45, 7) is 4.38. The molecule has 2 heterocycles. The molecule has 0 bridgehead atoms. The van der Waals surface area contributed by atoms with Crippen LogP contribution in [0.2, 0.25) is 5.02 Å². The number of hydrogen-bond acceptors (Lipinski definition) is 4. The van der Waals surface area contributed by atoms with Gasteiger partial charge in [0.2, 0.25) is 5.95 Å². The first-order valence-corrected chi connectivity index (χ1v) is 8.63. The molecule has 1 aromatic heterocycles. The van der Waals surface area contributed by atoms with Crippen LogP contribution >= 0.6 is 11.6 Å². The molecule has 1 atom stereocenters. The van der Waals surface area contributed by atoms with Gasteiger partial charge in [0, 0.05) is 10.7 Å². The summed E-state index contributed by atoms with van der Waals surface area (Å²) in [5.74, 6) is 1.11. The fourth-order valence-electron chi connectivity index (χ4n) is 3.01. The zero-order chi connectivity index (χ0) is 17.4. The van der Waals surface area contributed by atoms with Crippen molar-refractivity contribution in [2.24, 2.45) is 0 Å². The molecule has 0 saturated heterocycles. The molecule has 1 aliphatic heterocycles. The Morgan fingerprint density at radius 1 is 1.08 bits per heavy atom. The van der Waals surface area contributed by atoms with Crippen LogP contribution in [-0.4, -0.2) is 20.2 Å². The largest absolute Gasteiger partial charge is 0.323 e. The minimum Gasteiger partial charge on any atom is -0.323 e. The predicted molar refractivity (Wildman–Crippen MR) is 99.5 cm³/mol. The fourth-order valence-corrected chi connectivity index (χ4v) is 3.25. The van der Waals surface area contributed by atoms with Crippen molar-refractivity contribution >= 4 is 23.2 Å². The molecule has 0 aliphatic carbocycles. The maximum absolute atomic E-state index is 6.41. The highest BCUT2D eigenvalue weighted by Gasteiger charge is 2.25. The van der Waals surface area contributed by atoms with Gasteiger partial charge in [-0.25, -0.2) is 0 Å². The van der Waals surface area contributed by atoms with E-state index in [0.717, 1.165) is 16.8 Å². The third-order valence-electron chi connectivity index (χ3n) is 4.44. The molecular formula is C19H18ClN5. The lowest BCUT2D eigenvalue weighted by Crippen LogP contribution is -2.20. The average molecular weight is 352 g/mol. The Balaban J connectivity index is 1.77. The minimum atomic E-state index is -0.153. The van der Waals surface area contributed by atoms with E-state index in [2.05, 4.69) is 65.0 Å². The Kier molecular flexibility index (Phi) is 4.01. The lowest BCUT2D eigenvalue weighted by molar-refractivity contribution is 0.586. The summed E-state index contributed by atoms with van der Waals surface area (Å²) in [4.78, 5) is 0. The van der Waals surface area contributed by atoms with Crippen molar-refractivity contribution in [1.29, 1.82) is 0 Å². The first-order chi connectivity index (χ1) is 12.1. The number of benzene rings is 2. The fraction of sp³-hybridized carbons (Fsp3) is 0.211. The van der Waals surface area contributed by atoms with Gasteiger partial charge in [-0.1, -0.05) is 73.0 Å². The second-order valence-electron chi connectivity index (χ2n) is 6.40. The summed E-state index contributed by atoms with van der Waals surface area (Å²) in [7, 11) is 0. The number of nitrogens with one attached hydrogen (secondary N) is 1. The molecule has 25 heavy (non-hydrogen) atoms. The number of rotatable bonds is 3. The maximum atomic E-state index is 6.41. The van der Waals surface area contributed by atoms with Gasteiger partial charge in [-0.3, -0.25) is 0 Å². The highest BCUT2D eigenvalue weighted by Crippen LogP contribution is 2.34. The predicted octanol–water partition coefficient (Wildman–Crippen LogP) is 4.51. The lowest BCUT2D eigenvalue weighted by atomic mass is 9.98. The highest BCUT2D eigenvalue weighted by atomic mass is 35.5. The SMILES string of the molecule is CC(C)c1ccc(C2=C[C@H](c3ccccc3Cl)n3nnnc3N2)cc1. The van der Waals surface area contributed by atoms with Gasteiger partial charge < -0.3 is 5.32 Å². The molecule has 5 nitrogen and oxygen atoms in total. The van der Waals surface area contributed by atoms with E-state index in [0.29, 0.717) is 16.9 Å². The topological polar surface area (TPSA) is 55.6 Å². The van der Waals surface area contributed by atoms with E-state index in [4.69, 9.17) is 11.6 Å². The number of aromatic nitrogens is 4. The van der Waals surface area contributed by atoms with Gasteiger partial charge in [-0.2, -0.15) is 4.68 Å². The molecule has 0 radical (unpaired) electrons. The summed E-state index contributed by atoms with van der Waals surface area (Å²) >= 11 is 6.41. The van der Waals surface area contributed by atoms with Crippen LogP contribution in [0.4, 0.5) is 5.95 Å². The number of halogens is 1. The van der Waals surface area contributed by atoms with Gasteiger partial charge in [0.15, 0.2) is 0 Å². The van der Waals surface area contributed by atoms with Crippen LogP contribution < -0.4 is 5.32 Å². The minimum absolute atomic E-state index is 0.153. The summed E-state index contributed by atoms with van der Waals surface area (Å²) in [6.07, 6.45) is 2.11. The number of nitrogens with zero attached hydrogens (tertiary/aromatic N) is 4. The van der Waals surface area contributed by atoms with Crippen LogP contribution in [0.25, 0.3) is 5.70 Å². The Hall–Kier alpha value is -2.66. The van der Waals surface area contributed by atoms with Gasteiger partial charge in [0.25, 0.3) is 0 Å². The van der Waals surface area contributed by atoms with Crippen molar-refractivity contribution < 1.29 is 0 Å². The summed E-state index contributed by atoms with van der Waals surface area (Å²) in [6, 6.07) is 16.2. The second kappa shape index (κ2) is 6.33. The van der Waals surface area contributed by atoms with Gasteiger partial charge in [0.1, 0.15) is 6.04 Å². The number of hydrogen-bond donors (Lipinski definition) is 1. The lowest BCUT2D eigenvalue weighted by Gasteiger charge is -2.24. The van der Waals surface area contributed by atoms with Crippen LogP contribution in [-0.2, 0) is 0 Å². The Labute approximate surface area is 151 Å². The number of anilines is 1. The van der Waals surface area contributed by atoms with Crippen LogP contribution in [0.3, 0.4) is 0 Å². The Morgan fingerprint density at radius 3 is 2.56 bits per heavy atom.